The maximum Gasteiger partial charge on any atom is 0.159 e. The highest BCUT2D eigenvalue weighted by Crippen LogP contribution is 2.71. The molecule has 4 aliphatic rings. The van der Waals surface area contributed by atoms with E-state index in [9.17, 15) is 0 Å². The standard InChI is InChI=1S/C45H35N3/c1-45(2)37-20-12-11-18-32(37)35-25-34-31-17-9-10-19-33(31)40-39(41(40)36(34)26-38(35)45)27-21-23-30(24-22-27)44-47-42(28-13-5-3-6-14-28)46-43(48-44)29-15-7-4-8-16-29/h3-26,39-41,44H,1-2H3,(H,46,47,48). The topological polar surface area (TPSA) is 36.8 Å². The van der Waals surface area contributed by atoms with Crippen molar-refractivity contribution in [1.29, 1.82) is 0 Å². The van der Waals surface area contributed by atoms with Gasteiger partial charge < -0.3 is 5.32 Å². The minimum absolute atomic E-state index is 0.00647. The van der Waals surface area contributed by atoms with E-state index in [1.807, 2.05) is 24.3 Å². The van der Waals surface area contributed by atoms with Gasteiger partial charge in [0.15, 0.2) is 5.84 Å². The van der Waals surface area contributed by atoms with Crippen LogP contribution in [0.4, 0.5) is 0 Å². The molecule has 0 spiro atoms. The Hall–Kier alpha value is -5.54. The van der Waals surface area contributed by atoms with Gasteiger partial charge in [-0.2, -0.15) is 0 Å². The molecule has 0 saturated heterocycles. The Morgan fingerprint density at radius 1 is 0.500 bits per heavy atom. The molecule has 6 aromatic carbocycles. The molecule has 3 aliphatic carbocycles. The van der Waals surface area contributed by atoms with Crippen LogP contribution < -0.4 is 5.32 Å². The summed E-state index contributed by atoms with van der Waals surface area (Å²) < 4.78 is 0. The Morgan fingerprint density at radius 2 is 1.12 bits per heavy atom. The molecular weight excluding hydrogens is 583 g/mol. The van der Waals surface area contributed by atoms with Crippen molar-refractivity contribution in [3.05, 3.63) is 190 Å². The molecule has 48 heavy (non-hydrogen) atoms. The lowest BCUT2D eigenvalue weighted by Crippen LogP contribution is -2.33. The van der Waals surface area contributed by atoms with Crippen LogP contribution in [-0.4, -0.2) is 11.7 Å². The van der Waals surface area contributed by atoms with Crippen molar-refractivity contribution in [3.63, 3.8) is 0 Å². The Bertz CT molecular complexity index is 2300. The van der Waals surface area contributed by atoms with Crippen LogP contribution in [-0.2, 0) is 5.41 Å². The molecule has 10 rings (SSSR count). The summed E-state index contributed by atoms with van der Waals surface area (Å²) in [7, 11) is 0. The first-order valence-corrected chi connectivity index (χ1v) is 17.1. The molecule has 1 saturated carbocycles. The van der Waals surface area contributed by atoms with Gasteiger partial charge in [-0.15, -0.1) is 0 Å². The van der Waals surface area contributed by atoms with Crippen LogP contribution in [0, 0.1) is 0 Å². The smallest absolute Gasteiger partial charge is 0.159 e. The van der Waals surface area contributed by atoms with Crippen molar-refractivity contribution in [2.24, 2.45) is 9.98 Å². The zero-order valence-electron chi connectivity index (χ0n) is 27.1. The normalized spacial score (nSPS) is 22.1. The van der Waals surface area contributed by atoms with Crippen LogP contribution in [0.2, 0.25) is 0 Å². The number of nitrogens with zero attached hydrogens (tertiary/aromatic N) is 2. The summed E-state index contributed by atoms with van der Waals surface area (Å²) in [6.45, 7) is 4.78. The van der Waals surface area contributed by atoms with Crippen molar-refractivity contribution in [2.75, 3.05) is 0 Å². The van der Waals surface area contributed by atoms with Crippen LogP contribution in [0.1, 0.15) is 82.3 Å². The molecule has 1 N–H and O–H groups in total. The summed E-state index contributed by atoms with van der Waals surface area (Å²) in [5.74, 6) is 3.03. The van der Waals surface area contributed by atoms with Crippen molar-refractivity contribution in [3.8, 4) is 22.3 Å². The summed E-state index contributed by atoms with van der Waals surface area (Å²) in [4.78, 5) is 10.1. The molecule has 3 nitrogen and oxygen atoms in total. The molecule has 4 unspecified atom stereocenters. The molecule has 0 radical (unpaired) electrons. The monoisotopic (exact) mass is 617 g/mol. The second-order valence-electron chi connectivity index (χ2n) is 14.2. The van der Waals surface area contributed by atoms with Crippen molar-refractivity contribution < 1.29 is 0 Å². The van der Waals surface area contributed by atoms with Gasteiger partial charge in [-0.1, -0.05) is 153 Å². The third-order valence-corrected chi connectivity index (χ3v) is 11.2. The van der Waals surface area contributed by atoms with Crippen LogP contribution in [0.3, 0.4) is 0 Å². The van der Waals surface area contributed by atoms with E-state index in [4.69, 9.17) is 9.98 Å². The first-order chi connectivity index (χ1) is 23.6. The third-order valence-electron chi connectivity index (χ3n) is 11.2. The summed E-state index contributed by atoms with van der Waals surface area (Å²) in [6.07, 6.45) is -0.226. The van der Waals surface area contributed by atoms with Crippen molar-refractivity contribution in [1.82, 2.24) is 5.32 Å². The summed E-state index contributed by atoms with van der Waals surface area (Å²) in [5.41, 5.74) is 16.1. The van der Waals surface area contributed by atoms with Crippen molar-refractivity contribution in [2.45, 2.75) is 43.2 Å². The zero-order chi connectivity index (χ0) is 32.0. The van der Waals surface area contributed by atoms with E-state index in [1.165, 1.54) is 50.1 Å². The molecule has 230 valence electrons. The SMILES string of the molecule is CC1(C)c2ccccc2-c2cc3c(cc21)C1C(c2ccc(C4N=C(c5ccccc5)N=C(c5ccccc5)N4)cc2)C1c1ccccc1-3. The maximum atomic E-state index is 5.10. The van der Waals surface area contributed by atoms with E-state index in [0.29, 0.717) is 17.8 Å². The van der Waals surface area contributed by atoms with Crippen LogP contribution in [0.5, 0.6) is 0 Å². The average molecular weight is 618 g/mol. The molecule has 1 heterocycles. The number of fused-ring (bicyclic) bond motifs is 9. The summed E-state index contributed by atoms with van der Waals surface area (Å²) >= 11 is 0. The second kappa shape index (κ2) is 10.2. The van der Waals surface area contributed by atoms with E-state index in [2.05, 4.69) is 140 Å². The first kappa shape index (κ1) is 27.6. The predicted octanol–water partition coefficient (Wildman–Crippen LogP) is 10.1. The number of amidine groups is 2. The molecule has 0 aromatic heterocycles. The van der Waals surface area contributed by atoms with E-state index in [-0.39, 0.29) is 11.6 Å². The van der Waals surface area contributed by atoms with E-state index >= 15 is 0 Å². The third kappa shape index (κ3) is 4.07. The molecule has 0 bridgehead atoms. The fourth-order valence-corrected chi connectivity index (χ4v) is 8.79. The van der Waals surface area contributed by atoms with Gasteiger partial charge >= 0.3 is 0 Å². The van der Waals surface area contributed by atoms with Gasteiger partial charge in [-0.25, -0.2) is 9.98 Å². The molecule has 4 atom stereocenters. The quantitative estimate of drug-likeness (QED) is 0.210. The minimum atomic E-state index is -0.226. The molecule has 3 heteroatoms. The Balaban J connectivity index is 1.02. The maximum absolute atomic E-state index is 5.10. The number of hydrogen-bond donors (Lipinski definition) is 1. The van der Waals surface area contributed by atoms with Gasteiger partial charge in [0.1, 0.15) is 12.0 Å². The fourth-order valence-electron chi connectivity index (χ4n) is 8.79. The Labute approximate surface area is 281 Å². The lowest BCUT2D eigenvalue weighted by molar-refractivity contribution is 0.659. The zero-order valence-corrected chi connectivity index (χ0v) is 27.1. The van der Waals surface area contributed by atoms with E-state index in [1.54, 1.807) is 0 Å². The van der Waals surface area contributed by atoms with Gasteiger partial charge in [-0.05, 0) is 79.5 Å². The summed E-state index contributed by atoms with van der Waals surface area (Å²) in [5, 5.41) is 3.63. The summed E-state index contributed by atoms with van der Waals surface area (Å²) in [6, 6.07) is 53.0. The number of hydrogen-bond acceptors (Lipinski definition) is 3. The lowest BCUT2D eigenvalue weighted by Gasteiger charge is -2.25. The highest BCUT2D eigenvalue weighted by Gasteiger charge is 2.56. The highest BCUT2D eigenvalue weighted by molar-refractivity contribution is 6.13. The van der Waals surface area contributed by atoms with Crippen LogP contribution >= 0.6 is 0 Å². The fraction of sp³-hybridized carbons (Fsp3) is 0.156. The highest BCUT2D eigenvalue weighted by atomic mass is 15.2. The van der Waals surface area contributed by atoms with Crippen LogP contribution in [0.15, 0.2) is 156 Å². The molecule has 1 aliphatic heterocycles. The minimum Gasteiger partial charge on any atom is -0.344 e. The average Bonchev–Trinajstić information content (AvgIpc) is 3.87. The molecule has 6 aromatic rings. The van der Waals surface area contributed by atoms with E-state index in [0.717, 1.165) is 28.4 Å². The molecule has 0 amide bonds. The van der Waals surface area contributed by atoms with Gasteiger partial charge in [0.25, 0.3) is 0 Å². The Morgan fingerprint density at radius 3 is 1.90 bits per heavy atom. The number of rotatable bonds is 4. The lowest BCUT2D eigenvalue weighted by atomic mass is 9.78. The Kier molecular flexibility index (Phi) is 5.87. The molecular formula is C45H35N3. The van der Waals surface area contributed by atoms with E-state index < -0.39 is 0 Å². The first-order valence-electron chi connectivity index (χ1n) is 17.1. The largest absolute Gasteiger partial charge is 0.344 e. The molecule has 1 fully saturated rings. The number of nitrogens with one attached hydrogen (secondary N) is 1. The van der Waals surface area contributed by atoms with Gasteiger partial charge in [0, 0.05) is 16.5 Å². The van der Waals surface area contributed by atoms with Gasteiger partial charge in [0.2, 0.25) is 0 Å². The van der Waals surface area contributed by atoms with Gasteiger partial charge in [0.05, 0.1) is 0 Å². The van der Waals surface area contributed by atoms with Crippen molar-refractivity contribution >= 4 is 11.7 Å². The predicted molar refractivity (Wildman–Crippen MR) is 196 cm³/mol. The van der Waals surface area contributed by atoms with Gasteiger partial charge in [-0.3, -0.25) is 0 Å². The second-order valence-corrected chi connectivity index (χ2v) is 14.2. The number of benzene rings is 6. The van der Waals surface area contributed by atoms with Crippen LogP contribution in [0.25, 0.3) is 22.3 Å². The number of aliphatic imine (C=N–C) groups is 2.